The van der Waals surface area contributed by atoms with Crippen LogP contribution in [0.4, 0.5) is 5.00 Å². The zero-order valence-corrected chi connectivity index (χ0v) is 18.9. The number of carbonyl (C=O) groups excluding carboxylic acids is 1. The van der Waals surface area contributed by atoms with Crippen molar-refractivity contribution in [1.29, 1.82) is 0 Å². The summed E-state index contributed by atoms with van der Waals surface area (Å²) in [6.45, 7) is 5.58. The van der Waals surface area contributed by atoms with Crippen molar-refractivity contribution in [3.05, 3.63) is 80.7 Å². The molecule has 1 atom stereocenters. The number of amides is 1. The molecule has 0 saturated heterocycles. The van der Waals surface area contributed by atoms with Crippen LogP contribution in [0.15, 0.2) is 48.5 Å². The lowest BCUT2D eigenvalue weighted by molar-refractivity contribution is 0.0934. The topological polar surface area (TPSA) is 53.6 Å². The molecule has 3 aromatic rings. The molecule has 5 rings (SSSR count). The molecule has 0 aliphatic carbocycles. The zero-order valence-electron chi connectivity index (χ0n) is 17.3. The molecule has 2 N–H and O–H groups in total. The highest BCUT2D eigenvalue weighted by molar-refractivity contribution is 7.16. The van der Waals surface area contributed by atoms with E-state index in [4.69, 9.17) is 16.3 Å². The average molecular weight is 454 g/mol. The number of ether oxygens (including phenoxy) is 1. The molecule has 0 spiro atoms. The Kier molecular flexibility index (Phi) is 5.61. The summed E-state index contributed by atoms with van der Waals surface area (Å²) >= 11 is 7.91. The predicted octanol–water partition coefficient (Wildman–Crippen LogP) is 5.21. The lowest BCUT2D eigenvalue weighted by Gasteiger charge is -2.28. The van der Waals surface area contributed by atoms with Gasteiger partial charge in [-0.25, -0.2) is 0 Å². The summed E-state index contributed by atoms with van der Waals surface area (Å²) in [6, 6.07) is 15.5. The molecule has 7 heteroatoms. The number of thiophene rings is 1. The van der Waals surface area contributed by atoms with Crippen molar-refractivity contribution >= 4 is 33.8 Å². The second kappa shape index (κ2) is 8.54. The van der Waals surface area contributed by atoms with Crippen LogP contribution in [0, 0.1) is 0 Å². The number of nitrogens with one attached hydrogen (secondary N) is 2. The second-order valence-corrected chi connectivity index (χ2v) is 9.34. The molecule has 2 aliphatic heterocycles. The zero-order chi connectivity index (χ0) is 21.4. The smallest absolute Gasteiger partial charge is 0.256 e. The highest BCUT2D eigenvalue weighted by atomic mass is 35.5. The fourth-order valence-electron chi connectivity index (χ4n) is 4.14. The summed E-state index contributed by atoms with van der Waals surface area (Å²) < 4.78 is 5.87. The molecule has 1 aromatic heterocycles. The third kappa shape index (κ3) is 4.03. The van der Waals surface area contributed by atoms with E-state index in [1.54, 1.807) is 11.3 Å². The average Bonchev–Trinajstić information content (AvgIpc) is 3.17. The first-order chi connectivity index (χ1) is 15.1. The van der Waals surface area contributed by atoms with Crippen LogP contribution >= 0.6 is 22.9 Å². The molecular formula is C24H24ClN3O2S. The molecule has 3 heterocycles. The third-order valence-corrected chi connectivity index (χ3v) is 7.44. The number of rotatable bonds is 5. The molecule has 1 amide bonds. The van der Waals surface area contributed by atoms with E-state index in [0.717, 1.165) is 53.5 Å². The number of nitrogens with zero attached hydrogens (tertiary/aromatic N) is 1. The molecule has 0 radical (unpaired) electrons. The van der Waals surface area contributed by atoms with Crippen molar-refractivity contribution < 1.29 is 9.53 Å². The number of likely N-dealkylation sites (N-methyl/N-ethyl adjacent to an activating group) is 1. The van der Waals surface area contributed by atoms with Crippen LogP contribution in [0.2, 0.25) is 5.02 Å². The number of carbonyl (C=O) groups is 1. The minimum absolute atomic E-state index is 0.0141. The van der Waals surface area contributed by atoms with Gasteiger partial charge in [0, 0.05) is 28.6 Å². The minimum Gasteiger partial charge on any atom is -0.489 e. The van der Waals surface area contributed by atoms with Gasteiger partial charge in [-0.05, 0) is 42.3 Å². The molecule has 0 bridgehead atoms. The number of halogens is 1. The number of hydrogen-bond donors (Lipinski definition) is 2. The van der Waals surface area contributed by atoms with Crippen molar-refractivity contribution in [2.75, 3.05) is 18.4 Å². The van der Waals surface area contributed by atoms with Gasteiger partial charge in [0.05, 0.1) is 5.56 Å². The van der Waals surface area contributed by atoms with Gasteiger partial charge in [0.1, 0.15) is 23.5 Å². The van der Waals surface area contributed by atoms with Crippen LogP contribution in [-0.4, -0.2) is 23.9 Å². The van der Waals surface area contributed by atoms with Crippen LogP contribution in [-0.2, 0) is 19.6 Å². The molecule has 0 fully saturated rings. The van der Waals surface area contributed by atoms with Crippen molar-refractivity contribution in [3.63, 3.8) is 0 Å². The van der Waals surface area contributed by atoms with Crippen LogP contribution in [0.5, 0.6) is 5.75 Å². The number of benzene rings is 2. The van der Waals surface area contributed by atoms with Crippen molar-refractivity contribution in [1.82, 2.24) is 10.2 Å². The lowest BCUT2D eigenvalue weighted by Crippen LogP contribution is -2.38. The van der Waals surface area contributed by atoms with E-state index >= 15 is 0 Å². The van der Waals surface area contributed by atoms with E-state index in [1.807, 2.05) is 48.5 Å². The maximum atomic E-state index is 12.9. The van der Waals surface area contributed by atoms with E-state index in [2.05, 4.69) is 22.5 Å². The Labute approximate surface area is 191 Å². The SMILES string of the molecule is CCN1CCc2c(sc3c2C(=O)N[C@H](c2ccc(OCc4ccccc4Cl)cc2)N3)C1. The number of fused-ring (bicyclic) bond motifs is 3. The Balaban J connectivity index is 1.29. The standard InChI is InChI=1S/C24H24ClN3O2S/c1-2-28-12-11-18-20(13-28)31-24-21(18)23(29)26-22(27-24)15-7-9-17(10-8-15)30-14-16-5-3-4-6-19(16)25/h3-10,22,27H,2,11-14H2,1H3,(H,26,29)/t22-/m0/s1. The summed E-state index contributed by atoms with van der Waals surface area (Å²) in [5.41, 5.74) is 4.00. The van der Waals surface area contributed by atoms with Crippen molar-refractivity contribution in [2.24, 2.45) is 0 Å². The van der Waals surface area contributed by atoms with E-state index in [9.17, 15) is 4.79 Å². The number of hydrogen-bond acceptors (Lipinski definition) is 5. The lowest BCUT2D eigenvalue weighted by atomic mass is 10.0. The number of anilines is 1. The van der Waals surface area contributed by atoms with Gasteiger partial charge in [-0.1, -0.05) is 48.9 Å². The Morgan fingerprint density at radius 3 is 2.74 bits per heavy atom. The van der Waals surface area contributed by atoms with Gasteiger partial charge in [0.2, 0.25) is 0 Å². The van der Waals surface area contributed by atoms with E-state index < -0.39 is 0 Å². The van der Waals surface area contributed by atoms with Crippen LogP contribution in [0.25, 0.3) is 0 Å². The third-order valence-electron chi connectivity index (χ3n) is 5.93. The normalized spacial score (nSPS) is 18.0. The monoisotopic (exact) mass is 453 g/mol. The highest BCUT2D eigenvalue weighted by Gasteiger charge is 2.33. The molecule has 160 valence electrons. The maximum absolute atomic E-state index is 12.9. The molecule has 0 saturated carbocycles. The first-order valence-corrected chi connectivity index (χ1v) is 11.7. The molecule has 2 aliphatic rings. The first-order valence-electron chi connectivity index (χ1n) is 10.5. The minimum atomic E-state index is -0.250. The van der Waals surface area contributed by atoms with Gasteiger partial charge in [0.25, 0.3) is 5.91 Å². The van der Waals surface area contributed by atoms with Crippen LogP contribution in [0.1, 0.15) is 45.0 Å². The van der Waals surface area contributed by atoms with Crippen molar-refractivity contribution in [2.45, 2.75) is 32.7 Å². The quantitative estimate of drug-likeness (QED) is 0.556. The second-order valence-electron chi connectivity index (χ2n) is 7.83. The summed E-state index contributed by atoms with van der Waals surface area (Å²) in [4.78, 5) is 16.6. The van der Waals surface area contributed by atoms with Gasteiger partial charge < -0.3 is 15.4 Å². The van der Waals surface area contributed by atoms with Gasteiger partial charge >= 0.3 is 0 Å². The molecular weight excluding hydrogens is 430 g/mol. The van der Waals surface area contributed by atoms with E-state index in [-0.39, 0.29) is 12.1 Å². The molecule has 0 unspecified atom stereocenters. The first kappa shape index (κ1) is 20.4. The fourth-order valence-corrected chi connectivity index (χ4v) is 5.64. The van der Waals surface area contributed by atoms with Gasteiger partial charge in [-0.2, -0.15) is 0 Å². The Morgan fingerprint density at radius 2 is 1.97 bits per heavy atom. The van der Waals surface area contributed by atoms with Gasteiger partial charge in [-0.3, -0.25) is 9.69 Å². The molecule has 2 aromatic carbocycles. The Bertz CT molecular complexity index is 1110. The van der Waals surface area contributed by atoms with E-state index in [1.165, 1.54) is 10.4 Å². The largest absolute Gasteiger partial charge is 0.489 e. The summed E-state index contributed by atoms with van der Waals surface area (Å²) in [5, 5.41) is 8.33. The Hall–Kier alpha value is -2.54. The predicted molar refractivity (Wildman–Crippen MR) is 125 cm³/mol. The molecule has 31 heavy (non-hydrogen) atoms. The summed E-state index contributed by atoms with van der Waals surface area (Å²) in [7, 11) is 0. The van der Waals surface area contributed by atoms with E-state index in [0.29, 0.717) is 11.6 Å². The summed E-state index contributed by atoms with van der Waals surface area (Å²) in [5.74, 6) is 0.776. The molecule has 5 nitrogen and oxygen atoms in total. The highest BCUT2D eigenvalue weighted by Crippen LogP contribution is 2.40. The van der Waals surface area contributed by atoms with Gasteiger partial charge in [-0.15, -0.1) is 11.3 Å². The fraction of sp³-hybridized carbons (Fsp3) is 0.292. The van der Waals surface area contributed by atoms with Crippen molar-refractivity contribution in [3.8, 4) is 5.75 Å². The Morgan fingerprint density at radius 1 is 1.16 bits per heavy atom. The van der Waals surface area contributed by atoms with Crippen LogP contribution < -0.4 is 15.4 Å². The van der Waals surface area contributed by atoms with Crippen LogP contribution in [0.3, 0.4) is 0 Å². The maximum Gasteiger partial charge on any atom is 0.256 e. The summed E-state index contributed by atoms with van der Waals surface area (Å²) in [6.07, 6.45) is 0.687. The van der Waals surface area contributed by atoms with Gasteiger partial charge in [0.15, 0.2) is 0 Å².